The van der Waals surface area contributed by atoms with E-state index in [1.807, 2.05) is 24.3 Å². The molecule has 1 atom stereocenters. The summed E-state index contributed by atoms with van der Waals surface area (Å²) in [5.74, 6) is 1.90. The Bertz CT molecular complexity index is 565. The van der Waals surface area contributed by atoms with E-state index < -0.39 is 0 Å². The van der Waals surface area contributed by atoms with E-state index >= 15 is 0 Å². The number of nitrogen functional groups attached to an aromatic ring is 1. The lowest BCUT2D eigenvalue weighted by atomic mass is 10.0. The molecule has 0 saturated heterocycles. The molecule has 1 aromatic carbocycles. The van der Waals surface area contributed by atoms with Crippen LogP contribution in [0.5, 0.6) is 0 Å². The van der Waals surface area contributed by atoms with Gasteiger partial charge in [0.1, 0.15) is 5.82 Å². The minimum atomic E-state index is 0.331. The second-order valence-corrected chi connectivity index (χ2v) is 5.51. The van der Waals surface area contributed by atoms with E-state index in [0.717, 1.165) is 23.1 Å². The summed E-state index contributed by atoms with van der Waals surface area (Å²) in [6, 6.07) is 8.40. The molecule has 0 aliphatic carbocycles. The molecule has 0 amide bonds. The Morgan fingerprint density at radius 1 is 1.16 bits per heavy atom. The zero-order valence-electron chi connectivity index (χ0n) is 12.1. The predicted octanol–water partition coefficient (Wildman–Crippen LogP) is 3.08. The standard InChI is InChI=1S/C15H22N4/c1-10(2)9-11(3)19(4)14-12-7-5-6-8-13(12)17-15(16)18-14/h5-8,10-11H,9H2,1-4H3,(H2,16,17,18). The van der Waals surface area contributed by atoms with Crippen LogP contribution in [0.3, 0.4) is 0 Å². The van der Waals surface area contributed by atoms with E-state index in [4.69, 9.17) is 5.73 Å². The summed E-state index contributed by atoms with van der Waals surface area (Å²) < 4.78 is 0. The van der Waals surface area contributed by atoms with Crippen LogP contribution in [0.4, 0.5) is 11.8 Å². The molecule has 1 aromatic heterocycles. The molecule has 0 bridgehead atoms. The lowest BCUT2D eigenvalue weighted by molar-refractivity contribution is 0.503. The van der Waals surface area contributed by atoms with Crippen molar-refractivity contribution in [1.82, 2.24) is 9.97 Å². The van der Waals surface area contributed by atoms with Crippen molar-refractivity contribution in [2.24, 2.45) is 5.92 Å². The van der Waals surface area contributed by atoms with Crippen LogP contribution >= 0.6 is 0 Å². The predicted molar refractivity (Wildman–Crippen MR) is 81.3 cm³/mol. The maximum absolute atomic E-state index is 5.81. The van der Waals surface area contributed by atoms with E-state index in [2.05, 4.69) is 42.7 Å². The Hall–Kier alpha value is -1.84. The van der Waals surface area contributed by atoms with Crippen molar-refractivity contribution < 1.29 is 0 Å². The second kappa shape index (κ2) is 5.43. The van der Waals surface area contributed by atoms with E-state index in [-0.39, 0.29) is 0 Å². The summed E-state index contributed by atoms with van der Waals surface area (Å²) in [6.45, 7) is 6.68. The highest BCUT2D eigenvalue weighted by Gasteiger charge is 2.16. The topological polar surface area (TPSA) is 55.0 Å². The third-order valence-corrected chi connectivity index (χ3v) is 3.41. The van der Waals surface area contributed by atoms with Crippen molar-refractivity contribution in [3.05, 3.63) is 24.3 Å². The number of hydrogen-bond acceptors (Lipinski definition) is 4. The molecule has 1 unspecified atom stereocenters. The summed E-state index contributed by atoms with van der Waals surface area (Å²) in [5.41, 5.74) is 6.71. The van der Waals surface area contributed by atoms with Crippen molar-refractivity contribution in [2.45, 2.75) is 33.2 Å². The Labute approximate surface area is 114 Å². The van der Waals surface area contributed by atoms with Crippen LogP contribution in [0.15, 0.2) is 24.3 Å². The zero-order valence-corrected chi connectivity index (χ0v) is 12.1. The van der Waals surface area contributed by atoms with E-state index in [0.29, 0.717) is 17.9 Å². The number of benzene rings is 1. The van der Waals surface area contributed by atoms with Gasteiger partial charge in [-0.05, 0) is 31.4 Å². The third kappa shape index (κ3) is 2.95. The molecular weight excluding hydrogens is 236 g/mol. The first-order valence-corrected chi connectivity index (χ1v) is 6.74. The number of rotatable bonds is 4. The molecule has 0 radical (unpaired) electrons. The van der Waals surface area contributed by atoms with Gasteiger partial charge in [0.05, 0.1) is 5.52 Å². The second-order valence-electron chi connectivity index (χ2n) is 5.51. The molecule has 2 N–H and O–H groups in total. The summed E-state index contributed by atoms with van der Waals surface area (Å²) >= 11 is 0. The Morgan fingerprint density at radius 2 is 1.84 bits per heavy atom. The number of nitrogens with two attached hydrogens (primary N) is 1. The number of aromatic nitrogens is 2. The minimum Gasteiger partial charge on any atom is -0.368 e. The third-order valence-electron chi connectivity index (χ3n) is 3.41. The first-order valence-electron chi connectivity index (χ1n) is 6.74. The molecule has 4 nitrogen and oxygen atoms in total. The Balaban J connectivity index is 2.43. The molecule has 0 saturated carbocycles. The SMILES string of the molecule is CC(C)CC(C)N(C)c1nc(N)nc2ccccc12. The fourth-order valence-corrected chi connectivity index (χ4v) is 2.40. The van der Waals surface area contributed by atoms with Gasteiger partial charge >= 0.3 is 0 Å². The molecule has 4 heteroatoms. The van der Waals surface area contributed by atoms with Crippen molar-refractivity contribution in [1.29, 1.82) is 0 Å². The summed E-state index contributed by atoms with van der Waals surface area (Å²) in [6.07, 6.45) is 1.12. The lowest BCUT2D eigenvalue weighted by Crippen LogP contribution is -2.31. The summed E-state index contributed by atoms with van der Waals surface area (Å²) in [7, 11) is 2.07. The fourth-order valence-electron chi connectivity index (χ4n) is 2.40. The van der Waals surface area contributed by atoms with E-state index in [1.165, 1.54) is 0 Å². The van der Waals surface area contributed by atoms with Crippen molar-refractivity contribution in [2.75, 3.05) is 17.7 Å². The van der Waals surface area contributed by atoms with Crippen LogP contribution in [0.2, 0.25) is 0 Å². The van der Waals surface area contributed by atoms with Gasteiger partial charge in [-0.3, -0.25) is 0 Å². The average Bonchev–Trinajstić information content (AvgIpc) is 2.36. The van der Waals surface area contributed by atoms with Crippen molar-refractivity contribution in [3.8, 4) is 0 Å². The van der Waals surface area contributed by atoms with Crippen LogP contribution in [-0.2, 0) is 0 Å². The average molecular weight is 258 g/mol. The van der Waals surface area contributed by atoms with Gasteiger partial charge in [0, 0.05) is 18.5 Å². The van der Waals surface area contributed by atoms with Crippen molar-refractivity contribution in [3.63, 3.8) is 0 Å². The van der Waals surface area contributed by atoms with Crippen molar-refractivity contribution >= 4 is 22.7 Å². The first kappa shape index (κ1) is 13.6. The van der Waals surface area contributed by atoms with Gasteiger partial charge < -0.3 is 10.6 Å². The molecule has 0 aliphatic heterocycles. The van der Waals surface area contributed by atoms with Crippen LogP contribution in [0, 0.1) is 5.92 Å². The number of fused-ring (bicyclic) bond motifs is 1. The molecule has 0 fully saturated rings. The number of para-hydroxylation sites is 1. The number of hydrogen-bond donors (Lipinski definition) is 1. The first-order chi connectivity index (χ1) is 8.99. The summed E-state index contributed by atoms with van der Waals surface area (Å²) in [5, 5.41) is 1.05. The van der Waals surface area contributed by atoms with Crippen LogP contribution in [0.25, 0.3) is 10.9 Å². The van der Waals surface area contributed by atoms with Gasteiger partial charge in [0.15, 0.2) is 0 Å². The largest absolute Gasteiger partial charge is 0.368 e. The van der Waals surface area contributed by atoms with Gasteiger partial charge in [0.2, 0.25) is 5.95 Å². The normalized spacial score (nSPS) is 12.9. The summed E-state index contributed by atoms with van der Waals surface area (Å²) in [4.78, 5) is 10.9. The zero-order chi connectivity index (χ0) is 14.0. The van der Waals surface area contributed by atoms with Gasteiger partial charge in [-0.1, -0.05) is 26.0 Å². The number of nitrogens with zero attached hydrogens (tertiary/aromatic N) is 3. The van der Waals surface area contributed by atoms with E-state index in [9.17, 15) is 0 Å². The Kier molecular flexibility index (Phi) is 3.88. The molecule has 0 spiro atoms. The lowest BCUT2D eigenvalue weighted by Gasteiger charge is -2.28. The highest BCUT2D eigenvalue weighted by molar-refractivity contribution is 5.90. The van der Waals surface area contributed by atoms with Gasteiger partial charge in [-0.2, -0.15) is 4.98 Å². The van der Waals surface area contributed by atoms with Crippen LogP contribution < -0.4 is 10.6 Å². The maximum Gasteiger partial charge on any atom is 0.222 e. The number of anilines is 2. The monoisotopic (exact) mass is 258 g/mol. The minimum absolute atomic E-state index is 0.331. The molecule has 0 aliphatic rings. The highest BCUT2D eigenvalue weighted by atomic mass is 15.2. The van der Waals surface area contributed by atoms with Crippen LogP contribution in [-0.4, -0.2) is 23.1 Å². The highest BCUT2D eigenvalue weighted by Crippen LogP contribution is 2.26. The van der Waals surface area contributed by atoms with Gasteiger partial charge in [-0.25, -0.2) is 4.98 Å². The van der Waals surface area contributed by atoms with E-state index in [1.54, 1.807) is 0 Å². The Morgan fingerprint density at radius 3 is 2.53 bits per heavy atom. The fraction of sp³-hybridized carbons (Fsp3) is 0.467. The molecule has 2 aromatic rings. The molecule has 1 heterocycles. The molecule has 102 valence electrons. The maximum atomic E-state index is 5.81. The van der Waals surface area contributed by atoms with Gasteiger partial charge in [-0.15, -0.1) is 0 Å². The smallest absolute Gasteiger partial charge is 0.222 e. The van der Waals surface area contributed by atoms with Gasteiger partial charge in [0.25, 0.3) is 0 Å². The molecular formula is C15H22N4. The quantitative estimate of drug-likeness (QED) is 0.915. The van der Waals surface area contributed by atoms with Crippen LogP contribution in [0.1, 0.15) is 27.2 Å². The molecule has 19 heavy (non-hydrogen) atoms. The molecule has 2 rings (SSSR count).